The lowest BCUT2D eigenvalue weighted by Crippen LogP contribution is -2.12. The minimum Gasteiger partial charge on any atom is -0.357 e. The van der Waals surface area contributed by atoms with Crippen LogP contribution in [0.25, 0.3) is 0 Å². The van der Waals surface area contributed by atoms with Crippen molar-refractivity contribution in [2.45, 2.75) is 86.8 Å². The first-order chi connectivity index (χ1) is 9.08. The molecule has 4 heteroatoms. The van der Waals surface area contributed by atoms with Gasteiger partial charge in [-0.1, -0.05) is 79.4 Å². The van der Waals surface area contributed by atoms with Gasteiger partial charge >= 0.3 is 0 Å². The molecule has 0 radical (unpaired) electrons. The van der Waals surface area contributed by atoms with Gasteiger partial charge in [-0.2, -0.15) is 0 Å². The highest BCUT2D eigenvalue weighted by Gasteiger charge is 2.59. The Kier molecular flexibility index (Phi) is 6.01. The van der Waals surface area contributed by atoms with Crippen LogP contribution in [0.1, 0.15) is 71.1 Å². The van der Waals surface area contributed by atoms with Crippen molar-refractivity contribution in [3.05, 3.63) is 0 Å². The Bertz CT molecular complexity index is 283. The third-order valence-corrected chi connectivity index (χ3v) is 5.38. The standard InChI is InChI=1S/C15H26BrClO2/c1-2-3-4-5-6-7-8-9-10-15(17)13(19-15)11-14(16)12-18-14/h13H,2-12H2,1H3. The molecule has 2 saturated heterocycles. The highest BCUT2D eigenvalue weighted by atomic mass is 79.9. The zero-order chi connectivity index (χ0) is 13.8. The molecular formula is C15H26BrClO2. The molecule has 2 heterocycles. The Labute approximate surface area is 130 Å². The average Bonchev–Trinajstić information content (AvgIpc) is 3.24. The topological polar surface area (TPSA) is 25.1 Å². The van der Waals surface area contributed by atoms with Crippen LogP contribution in [0, 0.1) is 0 Å². The lowest BCUT2D eigenvalue weighted by atomic mass is 10.0. The molecule has 0 N–H and O–H groups in total. The van der Waals surface area contributed by atoms with Gasteiger partial charge in [0.15, 0.2) is 5.06 Å². The monoisotopic (exact) mass is 352 g/mol. The van der Waals surface area contributed by atoms with Gasteiger partial charge in [0.25, 0.3) is 0 Å². The summed E-state index contributed by atoms with van der Waals surface area (Å²) < 4.78 is 10.8. The molecule has 0 aliphatic carbocycles. The van der Waals surface area contributed by atoms with Crippen LogP contribution >= 0.6 is 27.5 Å². The van der Waals surface area contributed by atoms with Crippen molar-refractivity contribution in [1.29, 1.82) is 0 Å². The van der Waals surface area contributed by atoms with Crippen LogP contribution in [0.15, 0.2) is 0 Å². The molecular weight excluding hydrogens is 328 g/mol. The minimum absolute atomic E-state index is 0.117. The Morgan fingerprint density at radius 1 is 1.11 bits per heavy atom. The Morgan fingerprint density at radius 2 is 1.68 bits per heavy atom. The number of halogens is 2. The summed E-state index contributed by atoms with van der Waals surface area (Å²) in [5, 5.41) is -0.380. The van der Waals surface area contributed by atoms with Gasteiger partial charge in [0, 0.05) is 6.42 Å². The normalized spacial score (nSPS) is 36.5. The van der Waals surface area contributed by atoms with Crippen LogP contribution in [0.5, 0.6) is 0 Å². The SMILES string of the molecule is CCCCCCCCCCC1(Cl)OC1CC1(Br)CO1. The van der Waals surface area contributed by atoms with Crippen LogP contribution in [0.4, 0.5) is 0 Å². The summed E-state index contributed by atoms with van der Waals surface area (Å²) in [6, 6.07) is 0. The van der Waals surface area contributed by atoms with Crippen molar-refractivity contribution < 1.29 is 9.47 Å². The number of rotatable bonds is 11. The molecule has 0 bridgehead atoms. The van der Waals surface area contributed by atoms with Crippen molar-refractivity contribution >= 4 is 27.5 Å². The van der Waals surface area contributed by atoms with Crippen molar-refractivity contribution in [2.75, 3.05) is 6.61 Å². The fourth-order valence-corrected chi connectivity index (χ4v) is 3.32. The van der Waals surface area contributed by atoms with E-state index in [0.717, 1.165) is 19.4 Å². The lowest BCUT2D eigenvalue weighted by molar-refractivity contribution is 0.308. The van der Waals surface area contributed by atoms with Crippen LogP contribution < -0.4 is 0 Å². The summed E-state index contributed by atoms with van der Waals surface area (Å²) in [7, 11) is 0. The quantitative estimate of drug-likeness (QED) is 0.284. The number of hydrogen-bond donors (Lipinski definition) is 0. The number of unbranched alkanes of at least 4 members (excludes halogenated alkanes) is 7. The van der Waals surface area contributed by atoms with Gasteiger partial charge in [-0.05, 0) is 12.8 Å². The molecule has 2 fully saturated rings. The molecule has 2 rings (SSSR count). The van der Waals surface area contributed by atoms with Gasteiger partial charge < -0.3 is 9.47 Å². The van der Waals surface area contributed by atoms with Crippen molar-refractivity contribution in [3.63, 3.8) is 0 Å². The molecule has 112 valence electrons. The fourth-order valence-electron chi connectivity index (χ4n) is 2.59. The first kappa shape index (κ1) is 16.1. The molecule has 0 amide bonds. The summed E-state index contributed by atoms with van der Waals surface area (Å²) in [5.74, 6) is 0. The maximum absolute atomic E-state index is 6.43. The Morgan fingerprint density at radius 3 is 2.26 bits per heavy atom. The van der Waals surface area contributed by atoms with Crippen LogP contribution in [0.3, 0.4) is 0 Å². The van der Waals surface area contributed by atoms with E-state index in [2.05, 4.69) is 22.9 Å². The van der Waals surface area contributed by atoms with Crippen LogP contribution in [0.2, 0.25) is 0 Å². The fraction of sp³-hybridized carbons (Fsp3) is 1.00. The van der Waals surface area contributed by atoms with E-state index in [4.69, 9.17) is 21.1 Å². The highest BCUT2D eigenvalue weighted by Crippen LogP contribution is 2.52. The molecule has 0 aromatic carbocycles. The second kappa shape index (κ2) is 7.11. The minimum atomic E-state index is -0.380. The zero-order valence-corrected chi connectivity index (χ0v) is 14.3. The number of ether oxygens (including phenoxy) is 2. The molecule has 3 atom stereocenters. The molecule has 0 aromatic heterocycles. The van der Waals surface area contributed by atoms with E-state index in [0.29, 0.717) is 0 Å². The summed E-state index contributed by atoms with van der Waals surface area (Å²) in [5.41, 5.74) is 0. The molecule has 2 aliphatic heterocycles. The van der Waals surface area contributed by atoms with Gasteiger partial charge in [-0.3, -0.25) is 0 Å². The molecule has 0 aromatic rings. The first-order valence-electron chi connectivity index (χ1n) is 7.78. The molecule has 0 spiro atoms. The molecule has 2 nitrogen and oxygen atoms in total. The maximum atomic E-state index is 6.43. The smallest absolute Gasteiger partial charge is 0.168 e. The highest BCUT2D eigenvalue weighted by molar-refractivity contribution is 9.10. The van der Waals surface area contributed by atoms with Crippen molar-refractivity contribution in [3.8, 4) is 0 Å². The van der Waals surface area contributed by atoms with E-state index in [1.807, 2.05) is 0 Å². The van der Waals surface area contributed by atoms with E-state index in [1.54, 1.807) is 0 Å². The van der Waals surface area contributed by atoms with E-state index in [-0.39, 0.29) is 15.7 Å². The van der Waals surface area contributed by atoms with E-state index >= 15 is 0 Å². The maximum Gasteiger partial charge on any atom is 0.168 e. The van der Waals surface area contributed by atoms with Gasteiger partial charge in [-0.25, -0.2) is 0 Å². The third kappa shape index (κ3) is 5.53. The van der Waals surface area contributed by atoms with Gasteiger partial charge in [0.2, 0.25) is 0 Å². The van der Waals surface area contributed by atoms with Gasteiger partial charge in [0.05, 0.1) is 6.61 Å². The van der Waals surface area contributed by atoms with Crippen molar-refractivity contribution in [2.24, 2.45) is 0 Å². The number of hydrogen-bond acceptors (Lipinski definition) is 2. The molecule has 3 unspecified atom stereocenters. The van der Waals surface area contributed by atoms with Crippen molar-refractivity contribution in [1.82, 2.24) is 0 Å². The largest absolute Gasteiger partial charge is 0.357 e. The Hall–Kier alpha value is 0.690. The van der Waals surface area contributed by atoms with E-state index < -0.39 is 0 Å². The Balaban J connectivity index is 1.43. The summed E-state index contributed by atoms with van der Waals surface area (Å²) in [6.45, 7) is 3.05. The molecule has 2 aliphatic rings. The van der Waals surface area contributed by atoms with Gasteiger partial charge in [0.1, 0.15) is 10.6 Å². The average molecular weight is 354 g/mol. The zero-order valence-electron chi connectivity index (χ0n) is 11.9. The molecule has 0 saturated carbocycles. The summed E-state index contributed by atoms with van der Waals surface area (Å²) in [6.07, 6.45) is 12.7. The lowest BCUT2D eigenvalue weighted by Gasteiger charge is -2.05. The van der Waals surface area contributed by atoms with Gasteiger partial charge in [-0.15, -0.1) is 0 Å². The third-order valence-electron chi connectivity index (χ3n) is 4.08. The first-order valence-corrected chi connectivity index (χ1v) is 8.95. The number of epoxide rings is 2. The predicted molar refractivity (Wildman–Crippen MR) is 82.9 cm³/mol. The number of alkyl halides is 2. The van der Waals surface area contributed by atoms with Crippen LogP contribution in [-0.4, -0.2) is 22.3 Å². The summed E-state index contributed by atoms with van der Waals surface area (Å²) in [4.78, 5) is 0. The van der Waals surface area contributed by atoms with E-state index in [9.17, 15) is 0 Å². The van der Waals surface area contributed by atoms with E-state index in [1.165, 1.54) is 51.4 Å². The second-order valence-corrected chi connectivity index (χ2v) is 8.08. The second-order valence-electron chi connectivity index (χ2n) is 5.99. The summed E-state index contributed by atoms with van der Waals surface area (Å²) >= 11 is 9.97. The van der Waals surface area contributed by atoms with Crippen LogP contribution in [-0.2, 0) is 9.47 Å². The predicted octanol–water partition coefficient (Wildman–Crippen LogP) is 5.36. The molecule has 19 heavy (non-hydrogen) atoms.